The highest BCUT2D eigenvalue weighted by Gasteiger charge is 2.33. The molecule has 2 aliphatic rings. The molecule has 0 saturated carbocycles. The van der Waals surface area contributed by atoms with Gasteiger partial charge in [-0.2, -0.15) is 10.2 Å². The average molecular weight is 1170 g/mol. The molecule has 6 aromatic heterocycles. The van der Waals surface area contributed by atoms with Crippen LogP contribution >= 0.6 is 0 Å². The van der Waals surface area contributed by atoms with Crippen LogP contribution in [0.5, 0.6) is 0 Å². The van der Waals surface area contributed by atoms with Crippen molar-refractivity contribution < 1.29 is 14.3 Å². The maximum absolute atomic E-state index is 13.8. The molecule has 0 radical (unpaired) electrons. The van der Waals surface area contributed by atoms with Gasteiger partial charge < -0.3 is 19.5 Å². The van der Waals surface area contributed by atoms with E-state index in [2.05, 4.69) is 91.8 Å². The van der Waals surface area contributed by atoms with Crippen molar-refractivity contribution in [2.75, 3.05) is 29.5 Å². The van der Waals surface area contributed by atoms with Crippen molar-refractivity contribution in [1.82, 2.24) is 57.3 Å². The van der Waals surface area contributed by atoms with Crippen molar-refractivity contribution in [3.05, 3.63) is 126 Å². The minimum atomic E-state index is -1.32. The Morgan fingerprint density at radius 2 is 1.05 bits per heavy atom. The fourth-order valence-electron chi connectivity index (χ4n) is 11.2. The summed E-state index contributed by atoms with van der Waals surface area (Å²) in [5, 5.41) is 9.14. The monoisotopic (exact) mass is 1160 g/mol. The summed E-state index contributed by atoms with van der Waals surface area (Å²) in [6.45, 7) is 28.2. The first kappa shape index (κ1) is 60.9. The number of aryl methyl sites for hydroxylation is 2. The van der Waals surface area contributed by atoms with E-state index < -0.39 is 8.07 Å². The first-order chi connectivity index (χ1) is 40.2. The van der Waals surface area contributed by atoms with E-state index in [1.165, 1.54) is 20.3 Å². The molecule has 2 saturated heterocycles. The van der Waals surface area contributed by atoms with Gasteiger partial charge in [0.25, 0.3) is 11.1 Å². The van der Waals surface area contributed by atoms with Crippen molar-refractivity contribution in [3.8, 4) is 22.8 Å². The normalized spacial score (nSPS) is 15.7. The molecule has 2 unspecified atom stereocenters. The molecule has 2 aliphatic heterocycles. The summed E-state index contributed by atoms with van der Waals surface area (Å²) in [5.41, 5.74) is 5.90. The number of aromatic amines is 1. The summed E-state index contributed by atoms with van der Waals surface area (Å²) >= 11 is 0. The Morgan fingerprint density at radius 1 is 0.583 bits per heavy atom. The number of imidazole rings is 2. The standard InChI is InChI=1S/C34H49N7O4Si.C28H35N7O3/c1-8-14-38-32-30(33(43)39(15-9-2)34(38)44)41(23-45-16-17-46(5,6)7)31(36-32)27-19-35-37(22-27)20-25-18-29(42)40(21-25)28-12-10-26(11-13-28)24(3)4;1-5-11-33-26-24(27(37)34(12-6-2)28(33)38)30-25(31-26)21-14-29-32(17-21)15-19-13-23(36)35(16-19)22-9-7-20(8-10-22)18(3)4/h10-13,19,22,24-25H,8-9,14-18,20-21,23H2,1-7H3;7-10,14,17-19H,5-6,11-13,15-16H2,1-4H3,(H,30,31). The van der Waals surface area contributed by atoms with Gasteiger partial charge in [-0.15, -0.1) is 0 Å². The summed E-state index contributed by atoms with van der Waals surface area (Å²) in [7, 11) is -1.32. The number of hydrogen-bond acceptors (Lipinski definition) is 11. The molecular weight excluding hydrogens is 1080 g/mol. The van der Waals surface area contributed by atoms with Gasteiger partial charge in [-0.3, -0.25) is 51.4 Å². The van der Waals surface area contributed by atoms with Crippen LogP contribution in [-0.2, 0) is 60.3 Å². The van der Waals surface area contributed by atoms with Gasteiger partial charge >= 0.3 is 11.4 Å². The average Bonchev–Trinajstić information content (AvgIpc) is 2.59. The van der Waals surface area contributed by atoms with Crippen LogP contribution in [0.15, 0.2) is 92.5 Å². The summed E-state index contributed by atoms with van der Waals surface area (Å²) in [6, 6.07) is 17.5. The summed E-state index contributed by atoms with van der Waals surface area (Å²) in [4.78, 5) is 95.3. The highest BCUT2D eigenvalue weighted by atomic mass is 28.3. The van der Waals surface area contributed by atoms with Crippen molar-refractivity contribution in [1.29, 1.82) is 0 Å². The number of fused-ring (bicyclic) bond motifs is 2. The topological polar surface area (TPSA) is 220 Å². The predicted octanol–water partition coefficient (Wildman–Crippen LogP) is 9.28. The van der Waals surface area contributed by atoms with E-state index in [0.29, 0.717) is 130 Å². The first-order valence-corrected chi connectivity index (χ1v) is 33.8. The molecule has 2 atom stereocenters. The minimum absolute atomic E-state index is 0.102. The molecule has 0 bridgehead atoms. The second-order valence-corrected chi connectivity index (χ2v) is 30.1. The Bertz CT molecular complexity index is 3870. The molecule has 1 N–H and O–H groups in total. The van der Waals surface area contributed by atoms with Gasteiger partial charge in [0.05, 0.1) is 23.5 Å². The van der Waals surface area contributed by atoms with Gasteiger partial charge in [0.2, 0.25) is 11.8 Å². The van der Waals surface area contributed by atoms with Crippen LogP contribution in [0.3, 0.4) is 0 Å². The number of benzene rings is 2. The van der Waals surface area contributed by atoms with Gasteiger partial charge in [-0.25, -0.2) is 19.6 Å². The molecule has 0 spiro atoms. The number of aromatic nitrogens is 12. The Balaban J connectivity index is 0.000000205. The van der Waals surface area contributed by atoms with Crippen molar-refractivity contribution in [2.45, 2.75) is 177 Å². The molecule has 10 rings (SSSR count). The zero-order valence-corrected chi connectivity index (χ0v) is 51.9. The lowest BCUT2D eigenvalue weighted by molar-refractivity contribution is -0.118. The number of carbonyl (C=O) groups excluding carboxylic acids is 2. The lowest BCUT2D eigenvalue weighted by Crippen LogP contribution is -2.40. The molecule has 84 heavy (non-hydrogen) atoms. The molecule has 2 amide bonds. The zero-order valence-electron chi connectivity index (χ0n) is 50.9. The fourth-order valence-corrected chi connectivity index (χ4v) is 12.0. The van der Waals surface area contributed by atoms with Gasteiger partial charge in [0.1, 0.15) is 23.9 Å². The van der Waals surface area contributed by atoms with E-state index in [0.717, 1.165) is 41.4 Å². The highest BCUT2D eigenvalue weighted by molar-refractivity contribution is 6.76. The molecule has 448 valence electrons. The number of anilines is 2. The van der Waals surface area contributed by atoms with Gasteiger partial charge in [0, 0.05) is 115 Å². The fraction of sp³-hybridized carbons (Fsp3) is 0.516. The number of amides is 2. The number of nitrogens with zero attached hydrogens (tertiary/aromatic N) is 13. The van der Waals surface area contributed by atoms with E-state index >= 15 is 0 Å². The van der Waals surface area contributed by atoms with E-state index in [-0.39, 0.29) is 52.9 Å². The van der Waals surface area contributed by atoms with Crippen LogP contribution in [0.4, 0.5) is 11.4 Å². The van der Waals surface area contributed by atoms with Crippen LogP contribution in [0.1, 0.15) is 117 Å². The van der Waals surface area contributed by atoms with E-state index in [1.807, 2.05) is 88.1 Å². The molecular formula is C62H84N14O7Si. The quantitative estimate of drug-likeness (QED) is 0.0470. The molecule has 21 nitrogen and oxygen atoms in total. The Hall–Kier alpha value is -7.72. The maximum Gasteiger partial charge on any atom is 0.332 e. The minimum Gasteiger partial charge on any atom is -0.361 e. The zero-order chi connectivity index (χ0) is 60.1. The third-order valence-corrected chi connectivity index (χ3v) is 17.5. The van der Waals surface area contributed by atoms with Crippen LogP contribution in [0.25, 0.3) is 45.1 Å². The summed E-state index contributed by atoms with van der Waals surface area (Å²) < 4.78 is 17.4. The number of hydrogen-bond donors (Lipinski definition) is 1. The van der Waals surface area contributed by atoms with Crippen LogP contribution in [-0.4, -0.2) is 96.9 Å². The number of carbonyl (C=O) groups is 2. The van der Waals surface area contributed by atoms with Crippen molar-refractivity contribution >= 4 is 53.6 Å². The molecule has 2 aromatic carbocycles. The summed E-state index contributed by atoms with van der Waals surface area (Å²) in [6.07, 6.45) is 11.0. The molecule has 22 heteroatoms. The van der Waals surface area contributed by atoms with Gasteiger partial charge in [-0.05, 0) is 79.0 Å². The molecule has 8 aromatic rings. The number of H-pyrrole nitrogens is 1. The lowest BCUT2D eigenvalue weighted by Gasteiger charge is -2.18. The molecule has 0 aliphatic carbocycles. The Morgan fingerprint density at radius 3 is 1.54 bits per heavy atom. The largest absolute Gasteiger partial charge is 0.361 e. The van der Waals surface area contributed by atoms with Crippen molar-refractivity contribution in [3.63, 3.8) is 0 Å². The molecule has 2 fully saturated rings. The predicted molar refractivity (Wildman–Crippen MR) is 333 cm³/mol. The second kappa shape index (κ2) is 26.0. The number of nitrogens with one attached hydrogen (secondary N) is 1. The van der Waals surface area contributed by atoms with Gasteiger partial charge in [-0.1, -0.05) is 99.3 Å². The maximum atomic E-state index is 13.8. The van der Waals surface area contributed by atoms with E-state index in [1.54, 1.807) is 21.5 Å². The highest BCUT2D eigenvalue weighted by Crippen LogP contribution is 2.31. The number of ether oxygens (including phenoxy) is 1. The Labute approximate surface area is 490 Å². The van der Waals surface area contributed by atoms with Crippen molar-refractivity contribution in [2.24, 2.45) is 11.8 Å². The SMILES string of the molecule is CCCn1c(=O)c2[nH]c(-c3cnn(CC4CC(=O)N(c5ccc(C(C)C)cc5)C4)c3)nc2n(CCC)c1=O.CCCn1c(=O)c2c(nc(-c3cnn(CC4CC(=O)N(c5ccc(C(C)C)cc5)C4)c3)n2COCC[Si](C)(C)C)n(CCC)c1=O. The Kier molecular flexibility index (Phi) is 18.9. The van der Waals surface area contributed by atoms with E-state index in [9.17, 15) is 28.8 Å². The van der Waals surface area contributed by atoms with E-state index in [4.69, 9.17) is 9.72 Å². The van der Waals surface area contributed by atoms with Crippen LogP contribution < -0.4 is 32.3 Å². The first-order valence-electron chi connectivity index (χ1n) is 30.1. The van der Waals surface area contributed by atoms with Crippen LogP contribution in [0, 0.1) is 11.8 Å². The molecule has 8 heterocycles. The third kappa shape index (κ3) is 13.1. The summed E-state index contributed by atoms with van der Waals surface area (Å²) in [5.74, 6) is 2.39. The van der Waals surface area contributed by atoms with Gasteiger partial charge in [0.15, 0.2) is 16.8 Å². The second-order valence-electron chi connectivity index (χ2n) is 24.5. The number of rotatable bonds is 23. The smallest absolute Gasteiger partial charge is 0.332 e. The third-order valence-electron chi connectivity index (χ3n) is 15.8. The lowest BCUT2D eigenvalue weighted by atomic mass is 10.0. The van der Waals surface area contributed by atoms with Crippen LogP contribution in [0.2, 0.25) is 25.7 Å².